The molecular formula is C20H21N3O3S2. The summed E-state index contributed by atoms with van der Waals surface area (Å²) in [6.07, 6.45) is 0.697. The Morgan fingerprint density at radius 1 is 1.00 bits per heavy atom. The molecule has 2 aromatic carbocycles. The number of carbonyl (C=O) groups is 1. The molecule has 0 aliphatic carbocycles. The molecule has 0 bridgehead atoms. The van der Waals surface area contributed by atoms with Gasteiger partial charge in [-0.2, -0.15) is 0 Å². The first-order valence-electron chi connectivity index (χ1n) is 8.72. The third-order valence-corrected chi connectivity index (χ3v) is 6.34. The van der Waals surface area contributed by atoms with Gasteiger partial charge >= 0.3 is 0 Å². The van der Waals surface area contributed by atoms with E-state index in [2.05, 4.69) is 15.0 Å². The third-order valence-electron chi connectivity index (χ3n) is 4.05. The van der Waals surface area contributed by atoms with Crippen LogP contribution in [-0.4, -0.2) is 19.3 Å². The van der Waals surface area contributed by atoms with Crippen molar-refractivity contribution in [2.45, 2.75) is 31.6 Å². The Morgan fingerprint density at radius 2 is 1.61 bits per heavy atom. The number of hydrogen-bond acceptors (Lipinski definition) is 5. The summed E-state index contributed by atoms with van der Waals surface area (Å²) in [6, 6.07) is 14.2. The van der Waals surface area contributed by atoms with E-state index in [1.165, 1.54) is 11.3 Å². The molecule has 0 fully saturated rings. The summed E-state index contributed by atoms with van der Waals surface area (Å²) in [6.45, 7) is 3.88. The van der Waals surface area contributed by atoms with Crippen LogP contribution in [0, 0.1) is 13.8 Å². The van der Waals surface area contributed by atoms with Crippen molar-refractivity contribution in [2.75, 3.05) is 10.0 Å². The lowest BCUT2D eigenvalue weighted by molar-refractivity contribution is -0.116. The highest BCUT2D eigenvalue weighted by molar-refractivity contribution is 7.93. The third kappa shape index (κ3) is 5.40. The summed E-state index contributed by atoms with van der Waals surface area (Å²) >= 11 is 1.20. The van der Waals surface area contributed by atoms with E-state index in [4.69, 9.17) is 0 Å². The molecule has 0 unspecified atom stereocenters. The smallest absolute Gasteiger partial charge is 0.263 e. The van der Waals surface area contributed by atoms with Gasteiger partial charge in [-0.3, -0.25) is 9.52 Å². The second kappa shape index (κ2) is 8.53. The number of aryl methyl sites for hydroxylation is 3. The first-order chi connectivity index (χ1) is 13.3. The number of thiazole rings is 1. The molecule has 1 aromatic heterocycles. The van der Waals surface area contributed by atoms with E-state index in [0.717, 1.165) is 16.8 Å². The minimum absolute atomic E-state index is 0.112. The summed E-state index contributed by atoms with van der Waals surface area (Å²) in [5.41, 5.74) is 3.53. The standard InChI is InChI=1S/C20H21N3O3S2/c1-14-3-7-16(8-4-14)21-19(24)12-9-17-13-27-20(22-17)23-28(25,26)18-10-5-15(2)6-11-18/h3-8,10-11,13H,9,12H2,1-2H3,(H,21,24)(H,22,23). The molecule has 2 N–H and O–H groups in total. The Kier molecular flexibility index (Phi) is 6.11. The number of benzene rings is 2. The zero-order valence-electron chi connectivity index (χ0n) is 15.6. The van der Waals surface area contributed by atoms with Crippen LogP contribution < -0.4 is 10.0 Å². The number of sulfonamides is 1. The SMILES string of the molecule is Cc1ccc(NC(=O)CCc2csc(NS(=O)(=O)c3ccc(C)cc3)n2)cc1. The lowest BCUT2D eigenvalue weighted by Crippen LogP contribution is -2.13. The van der Waals surface area contributed by atoms with Crippen LogP contribution in [0.5, 0.6) is 0 Å². The summed E-state index contributed by atoms with van der Waals surface area (Å²) < 4.78 is 27.3. The largest absolute Gasteiger partial charge is 0.326 e. The molecule has 8 heteroatoms. The van der Waals surface area contributed by atoms with Crippen LogP contribution in [-0.2, 0) is 21.2 Å². The number of aromatic nitrogens is 1. The van der Waals surface area contributed by atoms with Crippen molar-refractivity contribution in [1.29, 1.82) is 0 Å². The number of hydrogen-bond donors (Lipinski definition) is 2. The van der Waals surface area contributed by atoms with Gasteiger partial charge in [0.1, 0.15) is 0 Å². The van der Waals surface area contributed by atoms with E-state index in [9.17, 15) is 13.2 Å². The Hall–Kier alpha value is -2.71. The van der Waals surface area contributed by atoms with E-state index in [1.54, 1.807) is 29.6 Å². The van der Waals surface area contributed by atoms with E-state index in [-0.39, 0.29) is 22.4 Å². The average Bonchev–Trinajstić information content (AvgIpc) is 3.09. The highest BCUT2D eigenvalue weighted by Gasteiger charge is 2.16. The fourth-order valence-corrected chi connectivity index (χ4v) is 4.46. The van der Waals surface area contributed by atoms with E-state index in [0.29, 0.717) is 12.1 Å². The lowest BCUT2D eigenvalue weighted by atomic mass is 10.2. The number of amides is 1. The molecule has 6 nitrogen and oxygen atoms in total. The second-order valence-corrected chi connectivity index (χ2v) is 9.02. The van der Waals surface area contributed by atoms with Crippen molar-refractivity contribution >= 4 is 38.1 Å². The average molecular weight is 416 g/mol. The highest BCUT2D eigenvalue weighted by Crippen LogP contribution is 2.21. The van der Waals surface area contributed by atoms with Gasteiger partial charge in [0.15, 0.2) is 5.13 Å². The van der Waals surface area contributed by atoms with Gasteiger partial charge < -0.3 is 5.32 Å². The number of anilines is 2. The molecule has 3 aromatic rings. The molecule has 0 aliphatic rings. The van der Waals surface area contributed by atoms with E-state index < -0.39 is 10.0 Å². The summed E-state index contributed by atoms with van der Waals surface area (Å²) in [5.74, 6) is -0.112. The van der Waals surface area contributed by atoms with Crippen LogP contribution in [0.25, 0.3) is 0 Å². The fraction of sp³-hybridized carbons (Fsp3) is 0.200. The maximum Gasteiger partial charge on any atom is 0.263 e. The Bertz CT molecular complexity index is 1060. The monoisotopic (exact) mass is 415 g/mol. The second-order valence-electron chi connectivity index (χ2n) is 6.48. The van der Waals surface area contributed by atoms with Crippen LogP contribution in [0.4, 0.5) is 10.8 Å². The van der Waals surface area contributed by atoms with Gasteiger partial charge in [0.2, 0.25) is 5.91 Å². The van der Waals surface area contributed by atoms with Gasteiger partial charge in [0.25, 0.3) is 10.0 Å². The molecular weight excluding hydrogens is 394 g/mol. The first kappa shape index (κ1) is 20.0. The van der Waals surface area contributed by atoms with Gasteiger partial charge in [0, 0.05) is 17.5 Å². The zero-order valence-corrected chi connectivity index (χ0v) is 17.2. The topological polar surface area (TPSA) is 88.2 Å². The normalized spacial score (nSPS) is 11.2. The first-order valence-corrected chi connectivity index (χ1v) is 11.1. The van der Waals surface area contributed by atoms with Crippen molar-refractivity contribution in [3.8, 4) is 0 Å². The molecule has 28 heavy (non-hydrogen) atoms. The van der Waals surface area contributed by atoms with Gasteiger partial charge in [-0.05, 0) is 44.5 Å². The molecule has 0 spiro atoms. The minimum atomic E-state index is -3.67. The van der Waals surface area contributed by atoms with Gasteiger partial charge in [0.05, 0.1) is 10.6 Å². The Morgan fingerprint density at radius 3 is 2.25 bits per heavy atom. The molecule has 1 amide bonds. The molecule has 0 aliphatic heterocycles. The predicted molar refractivity (Wildman–Crippen MR) is 112 cm³/mol. The molecule has 1 heterocycles. The van der Waals surface area contributed by atoms with Crippen molar-refractivity contribution in [2.24, 2.45) is 0 Å². The van der Waals surface area contributed by atoms with Crippen molar-refractivity contribution < 1.29 is 13.2 Å². The molecule has 146 valence electrons. The van der Waals surface area contributed by atoms with Crippen molar-refractivity contribution in [3.63, 3.8) is 0 Å². The van der Waals surface area contributed by atoms with Crippen LogP contribution in [0.2, 0.25) is 0 Å². The lowest BCUT2D eigenvalue weighted by Gasteiger charge is -2.05. The number of carbonyl (C=O) groups excluding carboxylic acids is 1. The van der Waals surface area contributed by atoms with E-state index in [1.807, 2.05) is 38.1 Å². The van der Waals surface area contributed by atoms with Gasteiger partial charge in [-0.25, -0.2) is 13.4 Å². The van der Waals surface area contributed by atoms with Crippen molar-refractivity contribution in [3.05, 3.63) is 70.7 Å². The van der Waals surface area contributed by atoms with Gasteiger partial charge in [-0.1, -0.05) is 35.4 Å². The summed E-state index contributed by atoms with van der Waals surface area (Å²) in [4.78, 5) is 16.5. The highest BCUT2D eigenvalue weighted by atomic mass is 32.2. The number of nitrogens with zero attached hydrogens (tertiary/aromatic N) is 1. The van der Waals surface area contributed by atoms with Gasteiger partial charge in [-0.15, -0.1) is 11.3 Å². The molecule has 0 saturated carbocycles. The Balaban J connectivity index is 1.55. The van der Waals surface area contributed by atoms with Crippen LogP contribution >= 0.6 is 11.3 Å². The predicted octanol–water partition coefficient (Wildman–Crippen LogP) is 4.13. The molecule has 3 rings (SSSR count). The molecule has 0 saturated heterocycles. The fourth-order valence-electron chi connectivity index (χ4n) is 2.46. The maximum atomic E-state index is 12.4. The quantitative estimate of drug-likeness (QED) is 0.607. The Labute approximate surface area is 168 Å². The number of nitrogens with one attached hydrogen (secondary N) is 2. The maximum absolute atomic E-state index is 12.4. The minimum Gasteiger partial charge on any atom is -0.326 e. The summed E-state index contributed by atoms with van der Waals surface area (Å²) in [7, 11) is -3.67. The van der Waals surface area contributed by atoms with Crippen LogP contribution in [0.15, 0.2) is 58.8 Å². The number of rotatable bonds is 7. The molecule has 0 radical (unpaired) electrons. The van der Waals surface area contributed by atoms with E-state index >= 15 is 0 Å². The van der Waals surface area contributed by atoms with Crippen LogP contribution in [0.1, 0.15) is 23.2 Å². The molecule has 0 atom stereocenters. The van der Waals surface area contributed by atoms with Crippen molar-refractivity contribution in [1.82, 2.24) is 4.98 Å². The van der Waals surface area contributed by atoms with Crippen LogP contribution in [0.3, 0.4) is 0 Å². The zero-order chi connectivity index (χ0) is 20.1. The summed E-state index contributed by atoms with van der Waals surface area (Å²) in [5, 5.41) is 4.88.